The summed E-state index contributed by atoms with van der Waals surface area (Å²) in [7, 11) is 0. The van der Waals surface area contributed by atoms with Gasteiger partial charge in [-0.2, -0.15) is 0 Å². The molecule has 0 atom stereocenters. The molecule has 1 aromatic heterocycles. The molecule has 7 heteroatoms. The van der Waals surface area contributed by atoms with Crippen molar-refractivity contribution in [3.05, 3.63) is 78.0 Å². The van der Waals surface area contributed by atoms with E-state index in [1.54, 1.807) is 6.20 Å². The minimum Gasteiger partial charge on any atom is -0.369 e. The SMILES string of the molecule is C=CC(=O)Cc1cccc(-c2nc(Nc3cccc(N4CCN(C5CC5)CC4)c3)ncc2Cl)c1. The molecule has 0 radical (unpaired) electrons. The fourth-order valence-electron chi connectivity index (χ4n) is 4.43. The first-order valence-electron chi connectivity index (χ1n) is 11.7. The van der Waals surface area contributed by atoms with E-state index in [1.807, 2.05) is 30.3 Å². The van der Waals surface area contributed by atoms with E-state index in [2.05, 4.69) is 49.9 Å². The predicted molar refractivity (Wildman–Crippen MR) is 138 cm³/mol. The summed E-state index contributed by atoms with van der Waals surface area (Å²) in [5.74, 6) is 0.449. The Labute approximate surface area is 205 Å². The predicted octanol–water partition coefficient (Wildman–Crippen LogP) is 5.12. The maximum atomic E-state index is 11.8. The van der Waals surface area contributed by atoms with Gasteiger partial charge >= 0.3 is 0 Å². The van der Waals surface area contributed by atoms with Crippen LogP contribution in [-0.2, 0) is 11.2 Å². The molecule has 1 aliphatic carbocycles. The van der Waals surface area contributed by atoms with Crippen LogP contribution in [-0.4, -0.2) is 52.9 Å². The minimum absolute atomic E-state index is 0.0258. The van der Waals surface area contributed by atoms with Crippen molar-refractivity contribution in [3.8, 4) is 11.3 Å². The first kappa shape index (κ1) is 22.6. The van der Waals surface area contributed by atoms with Gasteiger partial charge in [-0.05, 0) is 48.7 Å². The first-order valence-corrected chi connectivity index (χ1v) is 12.1. The van der Waals surface area contributed by atoms with Crippen LogP contribution < -0.4 is 10.2 Å². The van der Waals surface area contributed by atoms with Gasteiger partial charge in [0, 0.05) is 55.6 Å². The Kier molecular flexibility index (Phi) is 6.61. The minimum atomic E-state index is -0.0258. The number of allylic oxidation sites excluding steroid dienone is 1. The van der Waals surface area contributed by atoms with Crippen LogP contribution >= 0.6 is 11.6 Å². The third-order valence-corrected chi connectivity index (χ3v) is 6.67. The molecule has 6 nitrogen and oxygen atoms in total. The number of carbonyl (C=O) groups excluding carboxylic acids is 1. The average Bonchev–Trinajstić information content (AvgIpc) is 3.71. The van der Waals surface area contributed by atoms with Crippen LogP contribution in [0.15, 0.2) is 67.4 Å². The molecule has 3 aromatic rings. The number of rotatable bonds is 8. The van der Waals surface area contributed by atoms with Crippen LogP contribution in [0.5, 0.6) is 0 Å². The maximum Gasteiger partial charge on any atom is 0.227 e. The maximum absolute atomic E-state index is 11.8. The van der Waals surface area contributed by atoms with Crippen molar-refractivity contribution in [1.82, 2.24) is 14.9 Å². The van der Waals surface area contributed by atoms with Crippen molar-refractivity contribution in [3.63, 3.8) is 0 Å². The number of ketones is 1. The molecule has 1 saturated heterocycles. The molecule has 0 amide bonds. The van der Waals surface area contributed by atoms with E-state index in [0.717, 1.165) is 49.0 Å². The number of nitrogens with zero attached hydrogens (tertiary/aromatic N) is 4. The lowest BCUT2D eigenvalue weighted by atomic mass is 10.0. The van der Waals surface area contributed by atoms with Crippen LogP contribution in [0.1, 0.15) is 18.4 Å². The summed E-state index contributed by atoms with van der Waals surface area (Å²) in [4.78, 5) is 25.9. The molecule has 2 heterocycles. The smallest absolute Gasteiger partial charge is 0.227 e. The number of aromatic nitrogens is 2. The summed E-state index contributed by atoms with van der Waals surface area (Å²) in [6.07, 6.45) is 5.97. The lowest BCUT2D eigenvalue weighted by Crippen LogP contribution is -2.47. The molecule has 174 valence electrons. The van der Waals surface area contributed by atoms with Crippen molar-refractivity contribution in [2.24, 2.45) is 0 Å². The summed E-state index contributed by atoms with van der Waals surface area (Å²) in [6, 6.07) is 16.9. The zero-order valence-electron chi connectivity index (χ0n) is 19.1. The van der Waals surface area contributed by atoms with Gasteiger partial charge in [0.05, 0.1) is 16.9 Å². The molecule has 2 aromatic carbocycles. The molecular formula is C27H28ClN5O. The Hall–Kier alpha value is -3.22. The van der Waals surface area contributed by atoms with E-state index in [1.165, 1.54) is 24.6 Å². The zero-order chi connectivity index (χ0) is 23.5. The van der Waals surface area contributed by atoms with Gasteiger partial charge in [0.25, 0.3) is 0 Å². The second-order valence-electron chi connectivity index (χ2n) is 8.87. The molecule has 2 fully saturated rings. The van der Waals surface area contributed by atoms with Crippen molar-refractivity contribution >= 4 is 34.7 Å². The van der Waals surface area contributed by atoms with Gasteiger partial charge in [-0.3, -0.25) is 9.69 Å². The van der Waals surface area contributed by atoms with E-state index in [4.69, 9.17) is 11.6 Å². The molecule has 1 N–H and O–H groups in total. The second-order valence-corrected chi connectivity index (χ2v) is 9.27. The Balaban J connectivity index is 1.31. The van der Waals surface area contributed by atoms with Crippen molar-refractivity contribution < 1.29 is 4.79 Å². The summed E-state index contributed by atoms with van der Waals surface area (Å²) >= 11 is 6.44. The summed E-state index contributed by atoms with van der Waals surface area (Å²) in [5, 5.41) is 3.79. The quantitative estimate of drug-likeness (QED) is 0.458. The molecule has 34 heavy (non-hydrogen) atoms. The van der Waals surface area contributed by atoms with Crippen LogP contribution in [0.4, 0.5) is 17.3 Å². The molecule has 1 saturated carbocycles. The largest absolute Gasteiger partial charge is 0.369 e. The van der Waals surface area contributed by atoms with Crippen LogP contribution in [0, 0.1) is 0 Å². The zero-order valence-corrected chi connectivity index (χ0v) is 19.8. The topological polar surface area (TPSA) is 61.4 Å². The Morgan fingerprint density at radius 2 is 1.91 bits per heavy atom. The lowest BCUT2D eigenvalue weighted by Gasteiger charge is -2.36. The van der Waals surface area contributed by atoms with Gasteiger partial charge in [0.1, 0.15) is 0 Å². The van der Waals surface area contributed by atoms with E-state index >= 15 is 0 Å². The highest BCUT2D eigenvalue weighted by molar-refractivity contribution is 6.32. The monoisotopic (exact) mass is 473 g/mol. The fraction of sp³-hybridized carbons (Fsp3) is 0.296. The van der Waals surface area contributed by atoms with E-state index in [-0.39, 0.29) is 5.78 Å². The molecule has 0 bridgehead atoms. The highest BCUT2D eigenvalue weighted by Crippen LogP contribution is 2.30. The summed E-state index contributed by atoms with van der Waals surface area (Å²) < 4.78 is 0. The number of benzene rings is 2. The van der Waals surface area contributed by atoms with Gasteiger partial charge in [-0.1, -0.05) is 42.4 Å². The van der Waals surface area contributed by atoms with E-state index in [9.17, 15) is 4.79 Å². The third kappa shape index (κ3) is 5.29. The number of piperazine rings is 1. The second kappa shape index (κ2) is 9.95. The van der Waals surface area contributed by atoms with Gasteiger partial charge in [0.2, 0.25) is 5.95 Å². The fourth-order valence-corrected chi connectivity index (χ4v) is 4.63. The van der Waals surface area contributed by atoms with Crippen molar-refractivity contribution in [2.45, 2.75) is 25.3 Å². The number of hydrogen-bond donors (Lipinski definition) is 1. The van der Waals surface area contributed by atoms with E-state index < -0.39 is 0 Å². The highest BCUT2D eigenvalue weighted by atomic mass is 35.5. The summed E-state index contributed by atoms with van der Waals surface area (Å²) in [6.45, 7) is 7.90. The number of nitrogens with one attached hydrogen (secondary N) is 1. The van der Waals surface area contributed by atoms with Crippen LogP contribution in [0.3, 0.4) is 0 Å². The Morgan fingerprint density at radius 3 is 2.68 bits per heavy atom. The summed E-state index contributed by atoms with van der Waals surface area (Å²) in [5.41, 5.74) is 4.49. The number of anilines is 3. The molecular weight excluding hydrogens is 446 g/mol. The number of carbonyl (C=O) groups is 1. The van der Waals surface area contributed by atoms with Gasteiger partial charge in [0.15, 0.2) is 5.78 Å². The average molecular weight is 474 g/mol. The van der Waals surface area contributed by atoms with Crippen molar-refractivity contribution in [1.29, 1.82) is 0 Å². The molecule has 5 rings (SSSR count). The number of halogens is 1. The highest BCUT2D eigenvalue weighted by Gasteiger charge is 2.31. The molecule has 0 unspecified atom stereocenters. The molecule has 2 aliphatic rings. The third-order valence-electron chi connectivity index (χ3n) is 6.40. The van der Waals surface area contributed by atoms with Crippen molar-refractivity contribution in [2.75, 3.05) is 36.4 Å². The lowest BCUT2D eigenvalue weighted by molar-refractivity contribution is -0.114. The first-order chi connectivity index (χ1) is 16.6. The van der Waals surface area contributed by atoms with Crippen LogP contribution in [0.25, 0.3) is 11.3 Å². The number of hydrogen-bond acceptors (Lipinski definition) is 6. The Morgan fingerprint density at radius 1 is 1.12 bits per heavy atom. The van der Waals surface area contributed by atoms with Gasteiger partial charge in [-0.25, -0.2) is 9.97 Å². The van der Waals surface area contributed by atoms with Gasteiger partial charge < -0.3 is 10.2 Å². The van der Waals surface area contributed by atoms with Crippen LogP contribution in [0.2, 0.25) is 5.02 Å². The standard InChI is InChI=1S/C27H28ClN5O/c1-2-24(34)16-19-5-3-6-20(15-19)26-25(28)18-29-27(31-26)30-21-7-4-8-23(17-21)33-13-11-32(12-14-33)22-9-10-22/h2-8,15,17-18,22H,1,9-14,16H2,(H,29,30,31). The van der Waals surface area contributed by atoms with E-state index in [0.29, 0.717) is 23.1 Å². The molecule has 1 aliphatic heterocycles. The Bertz CT molecular complexity index is 1200. The normalized spacial score (nSPS) is 16.3. The van der Waals surface area contributed by atoms with Gasteiger partial charge in [-0.15, -0.1) is 0 Å². The molecule has 0 spiro atoms.